The van der Waals surface area contributed by atoms with E-state index >= 15 is 0 Å². The third kappa shape index (κ3) is 4.76. The van der Waals surface area contributed by atoms with Crippen molar-refractivity contribution in [2.24, 2.45) is 5.92 Å². The number of carboxylic acids is 1. The number of carboxylic acid groups (broad SMARTS) is 1. The fourth-order valence-corrected chi connectivity index (χ4v) is 2.46. The maximum atomic E-state index is 11.4. The van der Waals surface area contributed by atoms with Gasteiger partial charge in [0.2, 0.25) is 0 Å². The minimum absolute atomic E-state index is 0.313. The van der Waals surface area contributed by atoms with Gasteiger partial charge in [0.05, 0.1) is 5.57 Å². The van der Waals surface area contributed by atoms with E-state index in [4.69, 9.17) is 0 Å². The number of nitrogens with zero attached hydrogens (tertiary/aromatic N) is 1. The van der Waals surface area contributed by atoms with E-state index < -0.39 is 22.5 Å². The Morgan fingerprint density at radius 2 is 2.13 bits per heavy atom. The largest absolute Gasteiger partial charge is 0.478 e. The normalized spacial score (nSPS) is 24.7. The Morgan fingerprint density at radius 1 is 1.48 bits per heavy atom. The highest BCUT2D eigenvalue weighted by Crippen LogP contribution is 2.31. The van der Waals surface area contributed by atoms with Crippen LogP contribution in [0.25, 0.3) is 0 Å². The molecule has 1 rings (SSSR count). The SMILES string of the molecule is CC(C)CCCCC=CC1=C(C(=O)O)C(O)C(C)([N+](=O)[O-])C=C1. The minimum Gasteiger partial charge on any atom is -0.478 e. The summed E-state index contributed by atoms with van der Waals surface area (Å²) in [5.41, 5.74) is -1.83. The lowest BCUT2D eigenvalue weighted by molar-refractivity contribution is -0.560. The van der Waals surface area contributed by atoms with Crippen LogP contribution in [0.2, 0.25) is 0 Å². The van der Waals surface area contributed by atoms with Crippen molar-refractivity contribution in [3.05, 3.63) is 45.6 Å². The number of carbonyl (C=O) groups is 1. The molecule has 0 aromatic heterocycles. The van der Waals surface area contributed by atoms with Gasteiger partial charge in [0.1, 0.15) is 0 Å². The molecule has 6 heteroatoms. The molecule has 2 unspecified atom stereocenters. The molecule has 2 atom stereocenters. The molecule has 0 aliphatic heterocycles. The highest BCUT2D eigenvalue weighted by atomic mass is 16.6. The second-order valence-electron chi connectivity index (χ2n) is 6.47. The zero-order chi connectivity index (χ0) is 17.6. The highest BCUT2D eigenvalue weighted by Gasteiger charge is 2.49. The van der Waals surface area contributed by atoms with Crippen molar-refractivity contribution in [2.75, 3.05) is 0 Å². The van der Waals surface area contributed by atoms with Crippen LogP contribution in [-0.2, 0) is 4.79 Å². The number of nitro groups is 1. The van der Waals surface area contributed by atoms with Crippen molar-refractivity contribution in [1.82, 2.24) is 0 Å². The molecule has 0 aromatic rings. The molecule has 1 aliphatic carbocycles. The molecule has 1 aliphatic rings. The van der Waals surface area contributed by atoms with Crippen LogP contribution in [0, 0.1) is 16.0 Å². The van der Waals surface area contributed by atoms with Crippen LogP contribution in [0.1, 0.15) is 46.5 Å². The van der Waals surface area contributed by atoms with Crippen molar-refractivity contribution in [2.45, 2.75) is 58.1 Å². The van der Waals surface area contributed by atoms with Gasteiger partial charge < -0.3 is 10.2 Å². The predicted octanol–water partition coefficient (Wildman–Crippen LogP) is 3.11. The average molecular weight is 323 g/mol. The molecule has 0 radical (unpaired) electrons. The van der Waals surface area contributed by atoms with Gasteiger partial charge in [0.25, 0.3) is 5.54 Å². The van der Waals surface area contributed by atoms with Gasteiger partial charge in [0.15, 0.2) is 6.10 Å². The van der Waals surface area contributed by atoms with Crippen LogP contribution in [0.15, 0.2) is 35.5 Å². The quantitative estimate of drug-likeness (QED) is 0.406. The predicted molar refractivity (Wildman–Crippen MR) is 87.7 cm³/mol. The zero-order valence-corrected chi connectivity index (χ0v) is 13.9. The summed E-state index contributed by atoms with van der Waals surface area (Å²) in [6.45, 7) is 5.55. The van der Waals surface area contributed by atoms with E-state index in [9.17, 15) is 25.1 Å². The second-order valence-corrected chi connectivity index (χ2v) is 6.47. The lowest BCUT2D eigenvalue weighted by atomic mass is 9.82. The Labute approximate surface area is 136 Å². The monoisotopic (exact) mass is 323 g/mol. The molecule has 0 spiro atoms. The number of aliphatic hydroxyl groups is 1. The maximum Gasteiger partial charge on any atom is 0.335 e. The van der Waals surface area contributed by atoms with Crippen LogP contribution in [0.3, 0.4) is 0 Å². The fourth-order valence-electron chi connectivity index (χ4n) is 2.46. The van der Waals surface area contributed by atoms with E-state index in [1.165, 1.54) is 19.1 Å². The highest BCUT2D eigenvalue weighted by molar-refractivity contribution is 5.91. The third-order valence-corrected chi connectivity index (χ3v) is 4.06. The smallest absolute Gasteiger partial charge is 0.335 e. The molecular formula is C17H25NO5. The van der Waals surface area contributed by atoms with Crippen molar-refractivity contribution in [3.8, 4) is 0 Å². The van der Waals surface area contributed by atoms with Gasteiger partial charge in [-0.3, -0.25) is 10.1 Å². The molecule has 0 bridgehead atoms. The first-order chi connectivity index (χ1) is 10.7. The van der Waals surface area contributed by atoms with Crippen LogP contribution >= 0.6 is 0 Å². The number of unbranched alkanes of at least 4 members (excludes halogenated alkanes) is 2. The van der Waals surface area contributed by atoms with Crippen molar-refractivity contribution < 1.29 is 19.9 Å². The van der Waals surface area contributed by atoms with E-state index in [1.54, 1.807) is 6.08 Å². The van der Waals surface area contributed by atoms with Gasteiger partial charge in [-0.1, -0.05) is 44.9 Å². The van der Waals surface area contributed by atoms with E-state index in [2.05, 4.69) is 13.8 Å². The molecule has 0 amide bonds. The Bertz CT molecular complexity index is 547. The van der Waals surface area contributed by atoms with Crippen LogP contribution in [0.4, 0.5) is 0 Å². The first-order valence-electron chi connectivity index (χ1n) is 7.86. The lowest BCUT2D eigenvalue weighted by Gasteiger charge is -2.27. The molecule has 2 N–H and O–H groups in total. The van der Waals surface area contributed by atoms with Gasteiger partial charge in [-0.25, -0.2) is 4.79 Å². The number of hydrogen-bond acceptors (Lipinski definition) is 4. The average Bonchev–Trinajstić information content (AvgIpc) is 2.45. The lowest BCUT2D eigenvalue weighted by Crippen LogP contribution is -2.49. The van der Waals surface area contributed by atoms with Gasteiger partial charge >= 0.3 is 5.97 Å². The fraction of sp³-hybridized carbons (Fsp3) is 0.588. The van der Waals surface area contributed by atoms with Gasteiger partial charge in [-0.2, -0.15) is 0 Å². The van der Waals surface area contributed by atoms with E-state index in [-0.39, 0.29) is 5.57 Å². The van der Waals surface area contributed by atoms with E-state index in [1.807, 2.05) is 6.08 Å². The summed E-state index contributed by atoms with van der Waals surface area (Å²) in [4.78, 5) is 21.8. The van der Waals surface area contributed by atoms with Crippen molar-refractivity contribution in [3.63, 3.8) is 0 Å². The number of aliphatic hydroxyl groups excluding tert-OH is 1. The standard InChI is InChI=1S/C17H25NO5/c1-12(2)8-6-4-5-7-9-13-10-11-17(3,18(22)23)15(19)14(13)16(20)21/h7,9-12,15,19H,4-6,8H2,1-3H3,(H,20,21). The Balaban J connectivity index is 2.83. The van der Waals surface area contributed by atoms with Gasteiger partial charge in [-0.15, -0.1) is 0 Å². The second kappa shape index (κ2) is 8.06. The summed E-state index contributed by atoms with van der Waals surface area (Å²) in [5, 5.41) is 30.5. The Hall–Kier alpha value is -1.95. The molecule has 6 nitrogen and oxygen atoms in total. The molecule has 0 heterocycles. The van der Waals surface area contributed by atoms with Gasteiger partial charge in [-0.05, 0) is 30.4 Å². The summed E-state index contributed by atoms with van der Waals surface area (Å²) in [5.74, 6) is -0.675. The summed E-state index contributed by atoms with van der Waals surface area (Å²) in [6.07, 6.45) is 8.51. The molecule has 0 saturated carbocycles. The first-order valence-corrected chi connectivity index (χ1v) is 7.86. The number of rotatable bonds is 8. The number of allylic oxidation sites excluding steroid dienone is 4. The summed E-state index contributed by atoms with van der Waals surface area (Å²) < 4.78 is 0. The maximum absolute atomic E-state index is 11.4. The Kier molecular flexibility index (Phi) is 6.69. The number of hydrogen-bond donors (Lipinski definition) is 2. The van der Waals surface area contributed by atoms with E-state index in [0.29, 0.717) is 11.5 Å². The summed E-state index contributed by atoms with van der Waals surface area (Å²) in [6, 6.07) is 0. The zero-order valence-electron chi connectivity index (χ0n) is 13.9. The molecule has 0 fully saturated rings. The molecule has 0 saturated heterocycles. The Morgan fingerprint density at radius 3 is 2.65 bits per heavy atom. The van der Waals surface area contributed by atoms with Crippen LogP contribution in [0.5, 0.6) is 0 Å². The van der Waals surface area contributed by atoms with Crippen LogP contribution in [-0.4, -0.2) is 32.7 Å². The molecule has 0 aromatic carbocycles. The van der Waals surface area contributed by atoms with Crippen molar-refractivity contribution >= 4 is 5.97 Å². The molecule has 23 heavy (non-hydrogen) atoms. The minimum atomic E-state index is -1.82. The van der Waals surface area contributed by atoms with Crippen LogP contribution < -0.4 is 0 Å². The molecule has 128 valence electrons. The topological polar surface area (TPSA) is 101 Å². The van der Waals surface area contributed by atoms with Gasteiger partial charge in [0, 0.05) is 11.8 Å². The summed E-state index contributed by atoms with van der Waals surface area (Å²) in [7, 11) is 0. The first kappa shape index (κ1) is 19.1. The number of aliphatic carboxylic acids is 1. The third-order valence-electron chi connectivity index (χ3n) is 4.06. The van der Waals surface area contributed by atoms with Crippen molar-refractivity contribution in [1.29, 1.82) is 0 Å². The van der Waals surface area contributed by atoms with E-state index in [0.717, 1.165) is 25.7 Å². The molecular weight excluding hydrogens is 298 g/mol. The summed E-state index contributed by atoms with van der Waals surface area (Å²) >= 11 is 0.